The van der Waals surface area contributed by atoms with Gasteiger partial charge in [0.15, 0.2) is 13.1 Å². The number of quaternary nitrogens is 2. The maximum absolute atomic E-state index is 14.0. The number of unbranched alkanes of at least 4 members (excludes halogenated alkanes) is 5. The van der Waals surface area contributed by atoms with E-state index in [9.17, 15) is 124 Å². The van der Waals surface area contributed by atoms with Crippen LogP contribution in [0.25, 0.3) is 0 Å². The number of nitrogens with zero attached hydrogens (tertiary/aromatic N) is 2. The van der Waals surface area contributed by atoms with Crippen molar-refractivity contribution >= 4 is 11.8 Å². The summed E-state index contributed by atoms with van der Waals surface area (Å²) in [7, 11) is 5.59. The number of alkyl halides is 26. The highest BCUT2D eigenvalue weighted by Crippen LogP contribution is 2.62. The molecule has 66 heavy (non-hydrogen) atoms. The molecule has 0 bridgehead atoms. The minimum Gasteiger partial charge on any atom is -1.00 e. The second-order valence-corrected chi connectivity index (χ2v) is 16.0. The van der Waals surface area contributed by atoms with E-state index in [1.54, 1.807) is 10.6 Å². The van der Waals surface area contributed by atoms with E-state index in [1.165, 1.54) is 28.2 Å². The predicted octanol–water partition coefficient (Wildman–Crippen LogP) is 3.98. The van der Waals surface area contributed by atoms with Crippen molar-refractivity contribution in [2.45, 2.75) is 123 Å². The van der Waals surface area contributed by atoms with E-state index in [0.29, 0.717) is 38.5 Å². The van der Waals surface area contributed by atoms with E-state index in [1.807, 2.05) is 0 Å². The summed E-state index contributed by atoms with van der Waals surface area (Å²) < 4.78 is 344. The van der Waals surface area contributed by atoms with E-state index >= 15 is 0 Å². The highest BCUT2D eigenvalue weighted by molar-refractivity contribution is 5.77. The van der Waals surface area contributed by atoms with Gasteiger partial charge in [-0.2, -0.15) is 114 Å². The van der Waals surface area contributed by atoms with Gasteiger partial charge in [0.25, 0.3) is 11.8 Å². The lowest BCUT2D eigenvalue weighted by atomic mass is 9.92. The molecular formula is C32H42Br2F26N4O2. The van der Waals surface area contributed by atoms with E-state index < -0.39 is 122 Å². The third-order valence-electron chi connectivity index (χ3n) is 9.44. The maximum Gasteiger partial charge on any atom is 0.460 e. The zero-order chi connectivity index (χ0) is 51.5. The van der Waals surface area contributed by atoms with Crippen LogP contribution >= 0.6 is 0 Å². The molecule has 0 aromatic carbocycles. The monoisotopic (exact) mass is 1170 g/mol. The van der Waals surface area contributed by atoms with Gasteiger partial charge in [-0.15, -0.1) is 0 Å². The van der Waals surface area contributed by atoms with Gasteiger partial charge in [0.05, 0.1) is 41.3 Å². The summed E-state index contributed by atoms with van der Waals surface area (Å²) in [5, 5.41) is 3.18. The summed E-state index contributed by atoms with van der Waals surface area (Å²) in [5.74, 6) is -77.8. The first kappa shape index (κ1) is 68.3. The van der Waals surface area contributed by atoms with Gasteiger partial charge >= 0.3 is 71.6 Å². The lowest BCUT2D eigenvalue weighted by molar-refractivity contribution is -0.882. The third kappa shape index (κ3) is 14.8. The first-order valence-corrected chi connectivity index (χ1v) is 18.0. The highest BCUT2D eigenvalue weighted by Gasteiger charge is 2.92. The van der Waals surface area contributed by atoms with Crippen LogP contribution in [0.4, 0.5) is 114 Å². The fourth-order valence-electron chi connectivity index (χ4n) is 5.47. The van der Waals surface area contributed by atoms with E-state index in [0.717, 1.165) is 0 Å². The minimum atomic E-state index is -8.05. The average molecular weight is 1170 g/mol. The zero-order valence-corrected chi connectivity index (χ0v) is 37.4. The van der Waals surface area contributed by atoms with Gasteiger partial charge in [-0.3, -0.25) is 9.59 Å². The number of rotatable bonds is 27. The lowest BCUT2D eigenvalue weighted by Crippen LogP contribution is -3.00. The van der Waals surface area contributed by atoms with Crippen molar-refractivity contribution in [1.29, 1.82) is 0 Å². The Kier molecular flexibility index (Phi) is 23.2. The van der Waals surface area contributed by atoms with Crippen LogP contribution in [-0.4, -0.2) is 160 Å². The molecule has 2 N–H and O–H groups in total. The van der Waals surface area contributed by atoms with Crippen molar-refractivity contribution in [3.8, 4) is 0 Å². The van der Waals surface area contributed by atoms with Crippen molar-refractivity contribution in [2.75, 3.05) is 67.5 Å². The topological polar surface area (TPSA) is 58.2 Å². The normalized spacial score (nSPS) is 14.9. The van der Waals surface area contributed by atoms with Gasteiger partial charge in [0.2, 0.25) is 0 Å². The Morgan fingerprint density at radius 2 is 0.561 bits per heavy atom. The number of likely N-dealkylation sites (N-methyl/N-ethyl adjacent to an activating group) is 2. The molecule has 0 saturated heterocycles. The molecule has 0 atom stereocenters. The van der Waals surface area contributed by atoms with Gasteiger partial charge in [-0.25, -0.2) is 0 Å². The Hall–Kier alpha value is -2.00. The maximum atomic E-state index is 14.0. The Bertz CT molecular complexity index is 1440. The lowest BCUT2D eigenvalue weighted by Gasteiger charge is -2.39. The molecule has 398 valence electrons. The van der Waals surface area contributed by atoms with Crippen LogP contribution < -0.4 is 44.6 Å². The van der Waals surface area contributed by atoms with Crippen LogP contribution in [0.15, 0.2) is 0 Å². The van der Waals surface area contributed by atoms with Crippen molar-refractivity contribution in [3.05, 3.63) is 0 Å². The number of amides is 2. The molecule has 0 fully saturated rings. The van der Waals surface area contributed by atoms with Crippen LogP contribution in [0.2, 0.25) is 0 Å². The first-order valence-electron chi connectivity index (χ1n) is 18.0. The average Bonchev–Trinajstić information content (AvgIpc) is 3.06. The fraction of sp³-hybridized carbons (Fsp3) is 0.938. The van der Waals surface area contributed by atoms with E-state index in [2.05, 4.69) is 0 Å². The molecule has 0 spiro atoms. The predicted molar refractivity (Wildman–Crippen MR) is 168 cm³/mol. The summed E-state index contributed by atoms with van der Waals surface area (Å²) in [5.41, 5.74) is 0. The van der Waals surface area contributed by atoms with Crippen LogP contribution in [0.5, 0.6) is 0 Å². The molecule has 0 rings (SSSR count). The summed E-state index contributed by atoms with van der Waals surface area (Å²) >= 11 is 0. The number of halogens is 28. The van der Waals surface area contributed by atoms with Crippen molar-refractivity contribution in [1.82, 2.24) is 10.6 Å². The van der Waals surface area contributed by atoms with Crippen LogP contribution in [0.1, 0.15) is 51.4 Å². The van der Waals surface area contributed by atoms with Crippen molar-refractivity contribution in [3.63, 3.8) is 0 Å². The third-order valence-corrected chi connectivity index (χ3v) is 9.44. The van der Waals surface area contributed by atoms with Crippen molar-refractivity contribution in [2.24, 2.45) is 0 Å². The molecule has 0 unspecified atom stereocenters. The van der Waals surface area contributed by atoms with Crippen LogP contribution in [0, 0.1) is 0 Å². The fourth-order valence-corrected chi connectivity index (χ4v) is 5.47. The van der Waals surface area contributed by atoms with E-state index in [-0.39, 0.29) is 56.0 Å². The number of nitrogens with one attached hydrogen (secondary N) is 2. The first-order chi connectivity index (χ1) is 27.9. The summed E-state index contributed by atoms with van der Waals surface area (Å²) in [6.45, 7) is -4.15. The van der Waals surface area contributed by atoms with Gasteiger partial charge < -0.3 is 53.6 Å². The standard InChI is InChI=1S/C32H40F26N4O2.2BrH/c1-61(2,17-19(63)59-13-11-21(33,34)23(37,38)25(41,42)27(45,46)29(49,50)31(53,54)55)15-9-7-5-6-8-10-16-62(3,4)18-20(64)60-14-12-22(35,36)24(39,40)26(43,44)28(47,48)30(51,52)32(56,57)58;;/h5-18H2,1-4H3;2*1H. The second-order valence-electron chi connectivity index (χ2n) is 16.0. The SMILES string of the molecule is C[N+](C)(CCCCCCCC[N+](C)(C)CC(=O)NCCC(F)(F)C(F)(F)C(F)(F)C(F)(F)C(F)(F)C(F)(F)F)CC(=O)NCCC(F)(F)C(F)(F)C(F)(F)C(F)(F)C(F)(F)C(F)(F)F.[Br-].[Br-]. The molecule has 0 aliphatic carbocycles. The van der Waals surface area contributed by atoms with E-state index in [4.69, 9.17) is 0 Å². The molecule has 0 heterocycles. The Morgan fingerprint density at radius 3 is 0.788 bits per heavy atom. The summed E-state index contributed by atoms with van der Waals surface area (Å²) in [6, 6.07) is 0. The highest BCUT2D eigenvalue weighted by atomic mass is 79.9. The van der Waals surface area contributed by atoms with Crippen molar-refractivity contribution < 1.29 is 167 Å². The largest absolute Gasteiger partial charge is 1.00 e. The Labute approximate surface area is 379 Å². The molecule has 0 saturated carbocycles. The summed E-state index contributed by atoms with van der Waals surface area (Å²) in [4.78, 5) is 24.3. The zero-order valence-electron chi connectivity index (χ0n) is 34.2. The molecule has 0 radical (unpaired) electrons. The molecule has 0 aromatic rings. The molecule has 2 amide bonds. The van der Waals surface area contributed by atoms with Gasteiger partial charge in [-0.05, 0) is 25.7 Å². The number of hydrogen-bond acceptors (Lipinski definition) is 2. The summed E-state index contributed by atoms with van der Waals surface area (Å²) in [6.07, 6.45) is -17.6. The van der Waals surface area contributed by atoms with Gasteiger partial charge in [0.1, 0.15) is 0 Å². The number of carbonyl (C=O) groups excluding carboxylic acids is 2. The molecular weight excluding hydrogens is 1130 g/mol. The smallest absolute Gasteiger partial charge is 0.460 e. The molecule has 0 aliphatic heterocycles. The van der Waals surface area contributed by atoms with Gasteiger partial charge in [0, 0.05) is 25.9 Å². The molecule has 0 aliphatic rings. The quantitative estimate of drug-likeness (QED) is 0.0745. The molecule has 6 nitrogen and oxygen atoms in total. The Balaban J connectivity index is -0.0000198. The molecule has 0 aromatic heterocycles. The van der Waals surface area contributed by atoms with Crippen LogP contribution in [-0.2, 0) is 9.59 Å². The Morgan fingerprint density at radius 1 is 0.348 bits per heavy atom. The second kappa shape index (κ2) is 22.4. The number of hydrogen-bond donors (Lipinski definition) is 2. The number of carbonyl (C=O) groups is 2. The van der Waals surface area contributed by atoms with Crippen LogP contribution in [0.3, 0.4) is 0 Å². The van der Waals surface area contributed by atoms with Gasteiger partial charge in [-0.1, -0.05) is 12.8 Å². The minimum absolute atomic E-state index is 0. The molecule has 34 heteroatoms.